The number of para-hydroxylation sites is 2. The molecule has 2 heterocycles. The maximum atomic E-state index is 12.3. The summed E-state index contributed by atoms with van der Waals surface area (Å²) in [6, 6.07) is 8.49. The summed E-state index contributed by atoms with van der Waals surface area (Å²) >= 11 is 0. The van der Waals surface area contributed by atoms with Crippen molar-refractivity contribution in [2.24, 2.45) is 0 Å². The van der Waals surface area contributed by atoms with Crippen LogP contribution in [0.15, 0.2) is 53.4 Å². The average Bonchev–Trinajstić information content (AvgIpc) is 3.27. The molecule has 0 aliphatic carbocycles. The maximum Gasteiger partial charge on any atom is 0.228 e. The van der Waals surface area contributed by atoms with Crippen molar-refractivity contribution >= 4 is 11.5 Å². The number of nitrogens with one attached hydrogen (secondary N) is 1. The number of aliphatic hydroxyl groups is 1. The number of furan rings is 1. The molecule has 0 saturated carbocycles. The van der Waals surface area contributed by atoms with Crippen molar-refractivity contribution in [3.63, 3.8) is 0 Å². The molecule has 0 spiro atoms. The van der Waals surface area contributed by atoms with E-state index in [2.05, 4.69) is 15.2 Å². The first-order chi connectivity index (χ1) is 11.7. The van der Waals surface area contributed by atoms with Gasteiger partial charge < -0.3 is 19.0 Å². The zero-order chi connectivity index (χ0) is 16.9. The zero-order valence-electron chi connectivity index (χ0n) is 12.6. The van der Waals surface area contributed by atoms with Crippen molar-refractivity contribution in [3.05, 3.63) is 60.6 Å². The van der Waals surface area contributed by atoms with Gasteiger partial charge in [0.25, 0.3) is 0 Å². The molecular formula is C16H13N3O5. The van der Waals surface area contributed by atoms with E-state index in [0.717, 1.165) is 6.08 Å². The largest absolute Gasteiger partial charge is 0.504 e. The van der Waals surface area contributed by atoms with Crippen LogP contribution in [0.3, 0.4) is 0 Å². The summed E-state index contributed by atoms with van der Waals surface area (Å²) in [4.78, 5) is 16.0. The second kappa shape index (κ2) is 6.69. The van der Waals surface area contributed by atoms with Crippen molar-refractivity contribution in [1.29, 1.82) is 0 Å². The van der Waals surface area contributed by atoms with E-state index in [0.29, 0.717) is 11.5 Å². The van der Waals surface area contributed by atoms with Crippen LogP contribution in [0.5, 0.6) is 17.2 Å². The van der Waals surface area contributed by atoms with Crippen LogP contribution in [0.4, 0.5) is 0 Å². The van der Waals surface area contributed by atoms with Crippen LogP contribution in [0.25, 0.3) is 5.76 Å². The summed E-state index contributed by atoms with van der Waals surface area (Å²) in [6.07, 6.45) is 3.56. The van der Waals surface area contributed by atoms with Crippen LogP contribution in [0.1, 0.15) is 16.4 Å². The molecule has 0 saturated heterocycles. The normalized spacial score (nSPS) is 11.3. The first-order valence-corrected chi connectivity index (χ1v) is 6.88. The number of nitrogens with zero attached hydrogens (tertiary/aromatic N) is 2. The van der Waals surface area contributed by atoms with Crippen molar-refractivity contribution in [1.82, 2.24) is 15.2 Å². The Balaban J connectivity index is 1.85. The lowest BCUT2D eigenvalue weighted by Crippen LogP contribution is -1.99. The predicted octanol–water partition coefficient (Wildman–Crippen LogP) is 2.98. The third-order valence-electron chi connectivity index (χ3n) is 3.05. The Hall–Kier alpha value is -3.55. The highest BCUT2D eigenvalue weighted by molar-refractivity contribution is 6.07. The fraction of sp³-hybridized carbons (Fsp3) is 0.0625. The molecule has 3 aromatic rings. The smallest absolute Gasteiger partial charge is 0.228 e. The number of aromatic amines is 1. The van der Waals surface area contributed by atoms with Crippen LogP contribution in [0, 0.1) is 0 Å². The van der Waals surface area contributed by atoms with Gasteiger partial charge in [0.1, 0.15) is 6.33 Å². The van der Waals surface area contributed by atoms with E-state index in [1.807, 2.05) is 0 Å². The number of carbonyl (C=O) groups excluding carboxylic acids is 1. The third kappa shape index (κ3) is 3.12. The minimum atomic E-state index is -0.591. The first kappa shape index (κ1) is 15.3. The number of carbonyl (C=O) groups is 1. The molecule has 3 rings (SSSR count). The van der Waals surface area contributed by atoms with Gasteiger partial charge in [0.2, 0.25) is 17.4 Å². The molecule has 24 heavy (non-hydrogen) atoms. The van der Waals surface area contributed by atoms with Crippen LogP contribution in [-0.4, -0.2) is 33.2 Å². The van der Waals surface area contributed by atoms with Gasteiger partial charge in [-0.05, 0) is 12.1 Å². The Kier molecular flexibility index (Phi) is 4.28. The highest BCUT2D eigenvalue weighted by atomic mass is 16.5. The molecule has 122 valence electrons. The van der Waals surface area contributed by atoms with Gasteiger partial charge in [-0.25, -0.2) is 4.98 Å². The van der Waals surface area contributed by atoms with Crippen molar-refractivity contribution < 1.29 is 23.8 Å². The molecule has 1 aromatic carbocycles. The molecule has 0 aliphatic rings. The van der Waals surface area contributed by atoms with E-state index in [4.69, 9.17) is 13.9 Å². The topological polar surface area (TPSA) is 110 Å². The lowest BCUT2D eigenvalue weighted by molar-refractivity contribution is 0.101. The molecule has 2 aromatic heterocycles. The van der Waals surface area contributed by atoms with Gasteiger partial charge in [0.05, 0.1) is 13.4 Å². The highest BCUT2D eigenvalue weighted by Gasteiger charge is 2.18. The zero-order valence-corrected chi connectivity index (χ0v) is 12.6. The summed E-state index contributed by atoms with van der Waals surface area (Å²) in [5.74, 6) is 0.0931. The van der Waals surface area contributed by atoms with E-state index in [-0.39, 0.29) is 23.1 Å². The minimum Gasteiger partial charge on any atom is -0.504 e. The summed E-state index contributed by atoms with van der Waals surface area (Å²) in [6.45, 7) is 0. The Morgan fingerprint density at radius 1 is 1.25 bits per heavy atom. The molecule has 8 nitrogen and oxygen atoms in total. The minimum absolute atomic E-state index is 0.00195. The number of benzene rings is 1. The van der Waals surface area contributed by atoms with Crippen LogP contribution in [0.2, 0.25) is 0 Å². The number of hydrogen-bond donors (Lipinski definition) is 2. The summed E-state index contributed by atoms with van der Waals surface area (Å²) in [7, 11) is 1.52. The molecular weight excluding hydrogens is 314 g/mol. The Morgan fingerprint density at radius 3 is 2.75 bits per heavy atom. The van der Waals surface area contributed by atoms with E-state index < -0.39 is 5.78 Å². The van der Waals surface area contributed by atoms with Gasteiger partial charge in [-0.2, -0.15) is 5.10 Å². The van der Waals surface area contributed by atoms with Crippen molar-refractivity contribution in [3.8, 4) is 17.2 Å². The fourth-order valence-corrected chi connectivity index (χ4v) is 1.97. The number of allylic oxidation sites excluding steroid dienone is 1. The second-order valence-corrected chi connectivity index (χ2v) is 4.58. The molecule has 0 unspecified atom stereocenters. The summed E-state index contributed by atoms with van der Waals surface area (Å²) in [5.41, 5.74) is 0. The van der Waals surface area contributed by atoms with E-state index in [1.165, 1.54) is 25.8 Å². The average molecular weight is 327 g/mol. The predicted molar refractivity (Wildman–Crippen MR) is 83.1 cm³/mol. The monoisotopic (exact) mass is 327 g/mol. The highest BCUT2D eigenvalue weighted by Crippen LogP contribution is 2.33. The number of hydrogen-bond acceptors (Lipinski definition) is 7. The molecule has 0 radical (unpaired) electrons. The molecule has 8 heteroatoms. The number of aliphatic hydroxyl groups excluding tert-OH is 1. The van der Waals surface area contributed by atoms with Crippen LogP contribution in [-0.2, 0) is 0 Å². The molecule has 2 N–H and O–H groups in total. The van der Waals surface area contributed by atoms with E-state index in [9.17, 15) is 9.90 Å². The SMILES string of the molecule is COc1ccccc1Oc1ccoc1C(=O)C=C(O)c1nc[nH]n1. The Labute approximate surface area is 136 Å². The number of aromatic nitrogens is 3. The summed E-state index contributed by atoms with van der Waals surface area (Å²) < 4.78 is 16.0. The first-order valence-electron chi connectivity index (χ1n) is 6.88. The number of ketones is 1. The molecule has 0 atom stereocenters. The van der Waals surface area contributed by atoms with E-state index in [1.54, 1.807) is 24.3 Å². The molecule has 0 amide bonds. The van der Waals surface area contributed by atoms with Gasteiger partial charge in [-0.15, -0.1) is 0 Å². The standard InChI is InChI=1S/C16H13N3O5/c1-22-12-4-2-3-5-13(12)24-14-6-7-23-15(14)10(20)8-11(21)16-17-9-18-19-16/h2-9,21H,1H3,(H,17,18,19). The lowest BCUT2D eigenvalue weighted by atomic mass is 10.2. The molecule has 0 bridgehead atoms. The third-order valence-corrected chi connectivity index (χ3v) is 3.05. The van der Waals surface area contributed by atoms with Gasteiger partial charge in [-0.1, -0.05) is 12.1 Å². The lowest BCUT2D eigenvalue weighted by Gasteiger charge is -2.08. The van der Waals surface area contributed by atoms with Crippen LogP contribution >= 0.6 is 0 Å². The summed E-state index contributed by atoms with van der Waals surface area (Å²) in [5, 5.41) is 16.0. The van der Waals surface area contributed by atoms with Gasteiger partial charge in [-0.3, -0.25) is 9.89 Å². The van der Waals surface area contributed by atoms with Crippen molar-refractivity contribution in [2.75, 3.05) is 7.11 Å². The molecule has 0 fully saturated rings. The van der Waals surface area contributed by atoms with Crippen molar-refractivity contribution in [2.45, 2.75) is 0 Å². The fourth-order valence-electron chi connectivity index (χ4n) is 1.97. The van der Waals surface area contributed by atoms with E-state index >= 15 is 0 Å². The Morgan fingerprint density at radius 2 is 2.04 bits per heavy atom. The number of rotatable bonds is 6. The van der Waals surface area contributed by atoms with Gasteiger partial charge in [0.15, 0.2) is 23.0 Å². The quantitative estimate of drug-likeness (QED) is 0.407. The Bertz CT molecular complexity index is 867. The number of methoxy groups -OCH3 is 1. The van der Waals surface area contributed by atoms with Crippen LogP contribution < -0.4 is 9.47 Å². The van der Waals surface area contributed by atoms with Gasteiger partial charge in [0, 0.05) is 12.1 Å². The maximum absolute atomic E-state index is 12.3. The van der Waals surface area contributed by atoms with Gasteiger partial charge >= 0.3 is 0 Å². The number of H-pyrrole nitrogens is 1. The second-order valence-electron chi connectivity index (χ2n) is 4.58. The molecule has 0 aliphatic heterocycles. The number of ether oxygens (including phenoxy) is 2.